The number of benzene rings is 2. The second kappa shape index (κ2) is 5.62. The third-order valence-electron chi connectivity index (χ3n) is 3.59. The highest BCUT2D eigenvalue weighted by Gasteiger charge is 2.30. The van der Waals surface area contributed by atoms with E-state index >= 15 is 0 Å². The van der Waals surface area contributed by atoms with Gasteiger partial charge >= 0.3 is 0 Å². The number of hydrogen-bond donors (Lipinski definition) is 1. The summed E-state index contributed by atoms with van der Waals surface area (Å²) >= 11 is 0. The van der Waals surface area contributed by atoms with Crippen LogP contribution in [0.1, 0.15) is 11.1 Å². The molecule has 2 aromatic rings. The zero-order chi connectivity index (χ0) is 15.7. The molecule has 0 saturated carbocycles. The predicted molar refractivity (Wildman–Crippen MR) is 82.0 cm³/mol. The second-order valence-electron chi connectivity index (χ2n) is 5.14. The molecule has 116 valence electrons. The summed E-state index contributed by atoms with van der Waals surface area (Å²) in [5, 5.41) is 0. The van der Waals surface area contributed by atoms with Gasteiger partial charge < -0.3 is 15.2 Å². The summed E-state index contributed by atoms with van der Waals surface area (Å²) in [6, 6.07) is 10.2. The number of fused-ring (bicyclic) bond motifs is 1. The van der Waals surface area contributed by atoms with Gasteiger partial charge in [-0.05, 0) is 43.7 Å². The third kappa shape index (κ3) is 2.44. The average Bonchev–Trinajstić information content (AvgIpc) is 2.95. The van der Waals surface area contributed by atoms with E-state index in [1.165, 1.54) is 0 Å². The summed E-state index contributed by atoms with van der Waals surface area (Å²) < 4.78 is 36.8. The first kappa shape index (κ1) is 14.9. The SMILES string of the molecule is Cc1ccc(S(=O)(=O)c2c(CCN)ccc3c2OCO3)cc1. The summed E-state index contributed by atoms with van der Waals surface area (Å²) in [7, 11) is -3.69. The fourth-order valence-corrected chi connectivity index (χ4v) is 4.12. The minimum atomic E-state index is -3.69. The molecule has 2 aromatic carbocycles. The van der Waals surface area contributed by atoms with Crippen LogP contribution in [-0.2, 0) is 16.3 Å². The van der Waals surface area contributed by atoms with Gasteiger partial charge in [0.25, 0.3) is 0 Å². The van der Waals surface area contributed by atoms with Crippen molar-refractivity contribution in [2.45, 2.75) is 23.1 Å². The maximum atomic E-state index is 13.0. The molecule has 0 unspecified atom stereocenters. The Hall–Kier alpha value is -2.05. The largest absolute Gasteiger partial charge is 0.454 e. The lowest BCUT2D eigenvalue weighted by Gasteiger charge is -2.13. The number of nitrogens with two attached hydrogens (primary N) is 1. The van der Waals surface area contributed by atoms with E-state index in [0.717, 1.165) is 5.56 Å². The van der Waals surface area contributed by atoms with Gasteiger partial charge in [0.2, 0.25) is 16.6 Å². The van der Waals surface area contributed by atoms with Crippen molar-refractivity contribution < 1.29 is 17.9 Å². The zero-order valence-corrected chi connectivity index (χ0v) is 13.0. The lowest BCUT2D eigenvalue weighted by Crippen LogP contribution is -2.11. The van der Waals surface area contributed by atoms with Gasteiger partial charge in [-0.25, -0.2) is 8.42 Å². The van der Waals surface area contributed by atoms with E-state index in [1.807, 2.05) is 6.92 Å². The molecule has 0 aromatic heterocycles. The van der Waals surface area contributed by atoms with Crippen molar-refractivity contribution in [3.63, 3.8) is 0 Å². The monoisotopic (exact) mass is 319 g/mol. The molecule has 5 nitrogen and oxygen atoms in total. The van der Waals surface area contributed by atoms with Crippen LogP contribution in [0.5, 0.6) is 11.5 Å². The summed E-state index contributed by atoms with van der Waals surface area (Å²) in [5.74, 6) is 0.734. The summed E-state index contributed by atoms with van der Waals surface area (Å²) in [5.41, 5.74) is 7.25. The Bertz CT molecular complexity index is 798. The molecule has 3 rings (SSSR count). The fraction of sp³-hybridized carbons (Fsp3) is 0.250. The third-order valence-corrected chi connectivity index (χ3v) is 5.47. The number of hydrogen-bond acceptors (Lipinski definition) is 5. The Morgan fingerprint density at radius 2 is 1.82 bits per heavy atom. The van der Waals surface area contributed by atoms with Gasteiger partial charge in [0.05, 0.1) is 4.90 Å². The summed E-state index contributed by atoms with van der Waals surface area (Å²) in [4.78, 5) is 0.400. The van der Waals surface area contributed by atoms with Crippen molar-refractivity contribution in [2.24, 2.45) is 5.73 Å². The van der Waals surface area contributed by atoms with Crippen LogP contribution in [0.15, 0.2) is 46.2 Å². The molecular formula is C16H17NO4S. The summed E-state index contributed by atoms with van der Waals surface area (Å²) in [6.07, 6.45) is 0.455. The normalized spacial score (nSPS) is 13.4. The molecule has 0 amide bonds. The van der Waals surface area contributed by atoms with Crippen LogP contribution in [0.2, 0.25) is 0 Å². The van der Waals surface area contributed by atoms with Crippen LogP contribution >= 0.6 is 0 Å². The number of aryl methyl sites for hydroxylation is 1. The number of ether oxygens (including phenoxy) is 2. The first-order valence-corrected chi connectivity index (χ1v) is 8.45. The van der Waals surface area contributed by atoms with Crippen LogP contribution in [0.4, 0.5) is 0 Å². The van der Waals surface area contributed by atoms with E-state index in [9.17, 15) is 8.42 Å². The number of rotatable bonds is 4. The van der Waals surface area contributed by atoms with E-state index in [0.29, 0.717) is 24.3 Å². The van der Waals surface area contributed by atoms with E-state index in [-0.39, 0.29) is 22.3 Å². The Labute approximate surface area is 129 Å². The molecule has 0 saturated heterocycles. The molecule has 22 heavy (non-hydrogen) atoms. The maximum Gasteiger partial charge on any atom is 0.231 e. The fourth-order valence-electron chi connectivity index (χ4n) is 2.47. The minimum Gasteiger partial charge on any atom is -0.454 e. The zero-order valence-electron chi connectivity index (χ0n) is 12.2. The Balaban J connectivity index is 2.21. The van der Waals surface area contributed by atoms with Crippen LogP contribution in [0, 0.1) is 6.92 Å². The molecule has 0 fully saturated rings. The highest BCUT2D eigenvalue weighted by molar-refractivity contribution is 7.91. The Kier molecular flexibility index (Phi) is 3.80. The predicted octanol–water partition coefficient (Wildman–Crippen LogP) is 2.06. The van der Waals surface area contributed by atoms with E-state index < -0.39 is 9.84 Å². The smallest absolute Gasteiger partial charge is 0.231 e. The molecule has 1 heterocycles. The van der Waals surface area contributed by atoms with Gasteiger partial charge in [0.15, 0.2) is 11.5 Å². The molecule has 0 aliphatic carbocycles. The Morgan fingerprint density at radius 3 is 2.50 bits per heavy atom. The van der Waals surface area contributed by atoms with Crippen LogP contribution < -0.4 is 15.2 Å². The van der Waals surface area contributed by atoms with Crippen LogP contribution in [0.3, 0.4) is 0 Å². The highest BCUT2D eigenvalue weighted by Crippen LogP contribution is 2.42. The van der Waals surface area contributed by atoms with Gasteiger partial charge in [-0.1, -0.05) is 23.8 Å². The van der Waals surface area contributed by atoms with Gasteiger partial charge in [-0.3, -0.25) is 0 Å². The van der Waals surface area contributed by atoms with E-state index in [4.69, 9.17) is 15.2 Å². The van der Waals surface area contributed by atoms with Crippen molar-refractivity contribution in [3.05, 3.63) is 47.5 Å². The second-order valence-corrected chi connectivity index (χ2v) is 7.03. The van der Waals surface area contributed by atoms with Crippen LogP contribution in [-0.4, -0.2) is 21.8 Å². The first-order valence-electron chi connectivity index (χ1n) is 6.97. The standard InChI is InChI=1S/C16H17NO4S/c1-11-2-5-13(6-3-11)22(18,19)16-12(8-9-17)4-7-14-15(16)21-10-20-14/h2-7H,8-10,17H2,1H3. The molecule has 6 heteroatoms. The van der Waals surface area contributed by atoms with Crippen molar-refractivity contribution in [2.75, 3.05) is 13.3 Å². The minimum absolute atomic E-state index is 0.0256. The summed E-state index contributed by atoms with van der Waals surface area (Å²) in [6.45, 7) is 2.29. The average molecular weight is 319 g/mol. The van der Waals surface area contributed by atoms with Crippen molar-refractivity contribution in [1.82, 2.24) is 0 Å². The molecule has 2 N–H and O–H groups in total. The van der Waals surface area contributed by atoms with Crippen molar-refractivity contribution in [3.8, 4) is 11.5 Å². The molecule has 0 bridgehead atoms. The van der Waals surface area contributed by atoms with Crippen LogP contribution in [0.25, 0.3) is 0 Å². The van der Waals surface area contributed by atoms with Crippen molar-refractivity contribution >= 4 is 9.84 Å². The highest BCUT2D eigenvalue weighted by atomic mass is 32.2. The lowest BCUT2D eigenvalue weighted by molar-refractivity contribution is 0.172. The van der Waals surface area contributed by atoms with Gasteiger partial charge in [0.1, 0.15) is 4.90 Å². The Morgan fingerprint density at radius 1 is 1.09 bits per heavy atom. The quantitative estimate of drug-likeness (QED) is 0.933. The van der Waals surface area contributed by atoms with Gasteiger partial charge in [-0.2, -0.15) is 0 Å². The topological polar surface area (TPSA) is 78.6 Å². The van der Waals surface area contributed by atoms with Crippen molar-refractivity contribution in [1.29, 1.82) is 0 Å². The molecule has 0 radical (unpaired) electrons. The molecule has 1 aliphatic heterocycles. The lowest BCUT2D eigenvalue weighted by atomic mass is 10.1. The molecule has 0 spiro atoms. The molecule has 1 aliphatic rings. The van der Waals surface area contributed by atoms with Gasteiger partial charge in [0, 0.05) is 0 Å². The van der Waals surface area contributed by atoms with Gasteiger partial charge in [-0.15, -0.1) is 0 Å². The first-order chi connectivity index (χ1) is 10.5. The molecule has 0 atom stereocenters. The van der Waals surface area contributed by atoms with E-state index in [1.54, 1.807) is 36.4 Å². The number of sulfone groups is 1. The maximum absolute atomic E-state index is 13.0. The molecular weight excluding hydrogens is 302 g/mol. The van der Waals surface area contributed by atoms with E-state index in [2.05, 4.69) is 0 Å².